The van der Waals surface area contributed by atoms with E-state index in [2.05, 4.69) is 16.2 Å². The van der Waals surface area contributed by atoms with Gasteiger partial charge in [0.2, 0.25) is 0 Å². The fourth-order valence-corrected chi connectivity index (χ4v) is 2.93. The number of hydrogen-bond acceptors (Lipinski definition) is 5. The van der Waals surface area contributed by atoms with Crippen LogP contribution in [0.1, 0.15) is 20.3 Å². The summed E-state index contributed by atoms with van der Waals surface area (Å²) in [6.07, 6.45) is 7.95. The van der Waals surface area contributed by atoms with Crippen molar-refractivity contribution in [2.45, 2.75) is 20.3 Å². The molecule has 0 aromatic rings. The number of nitrogens with one attached hydrogen (secondary N) is 1. The molecule has 1 fully saturated rings. The standard InChI is InChI=1S/C15H23N3O2S/c1-4-14(7-8-15(5-2)18(19)20)12-21-17-10-6-9-16-13(3)11-17/h4-5,7-8,16H,3,6,9-12H2,1-2H3/b8-7-,14-4+,15-5+. The Morgan fingerprint density at radius 1 is 1.48 bits per heavy atom. The molecule has 1 aliphatic heterocycles. The van der Waals surface area contributed by atoms with Gasteiger partial charge in [-0.1, -0.05) is 30.7 Å². The van der Waals surface area contributed by atoms with Crippen molar-refractivity contribution in [3.63, 3.8) is 0 Å². The van der Waals surface area contributed by atoms with Crippen molar-refractivity contribution >= 4 is 11.9 Å². The highest BCUT2D eigenvalue weighted by Gasteiger charge is 2.11. The first-order valence-electron chi connectivity index (χ1n) is 7.00. The summed E-state index contributed by atoms with van der Waals surface area (Å²) < 4.78 is 2.28. The largest absolute Gasteiger partial charge is 0.388 e. The summed E-state index contributed by atoms with van der Waals surface area (Å²) in [7, 11) is 0. The lowest BCUT2D eigenvalue weighted by Crippen LogP contribution is -2.20. The summed E-state index contributed by atoms with van der Waals surface area (Å²) in [6, 6.07) is 0. The highest BCUT2D eigenvalue weighted by atomic mass is 32.2. The molecule has 0 bridgehead atoms. The molecule has 0 aromatic heterocycles. The van der Waals surface area contributed by atoms with Gasteiger partial charge in [0.15, 0.2) is 0 Å². The summed E-state index contributed by atoms with van der Waals surface area (Å²) in [6.45, 7) is 10.4. The van der Waals surface area contributed by atoms with Crippen LogP contribution in [0.3, 0.4) is 0 Å². The second-order valence-electron chi connectivity index (χ2n) is 4.69. The third kappa shape index (κ3) is 6.64. The highest BCUT2D eigenvalue weighted by molar-refractivity contribution is 7.97. The van der Waals surface area contributed by atoms with Crippen LogP contribution in [0.4, 0.5) is 0 Å². The zero-order valence-electron chi connectivity index (χ0n) is 12.7. The first-order chi connectivity index (χ1) is 10.1. The van der Waals surface area contributed by atoms with Crippen molar-refractivity contribution in [3.05, 3.63) is 58.0 Å². The lowest BCUT2D eigenvalue weighted by atomic mass is 10.2. The maximum atomic E-state index is 10.7. The SMILES string of the molecule is C=C1CN(SCC(/C=C\C(=C/C)[N+](=O)[O-])=C/C)CCCN1. The Bertz CT molecular complexity index is 470. The first kappa shape index (κ1) is 17.5. The van der Waals surface area contributed by atoms with Gasteiger partial charge < -0.3 is 5.32 Å². The number of rotatable bonds is 6. The van der Waals surface area contributed by atoms with Crippen LogP contribution in [0.2, 0.25) is 0 Å². The topological polar surface area (TPSA) is 58.4 Å². The van der Waals surface area contributed by atoms with Crippen molar-refractivity contribution < 1.29 is 4.92 Å². The van der Waals surface area contributed by atoms with Crippen LogP contribution in [0, 0.1) is 10.1 Å². The molecule has 0 saturated carbocycles. The van der Waals surface area contributed by atoms with Crippen LogP contribution >= 0.6 is 11.9 Å². The maximum absolute atomic E-state index is 10.7. The zero-order valence-corrected chi connectivity index (χ0v) is 13.5. The van der Waals surface area contributed by atoms with Gasteiger partial charge in [-0.2, -0.15) is 0 Å². The number of nitrogens with zero attached hydrogens (tertiary/aromatic N) is 2. The van der Waals surface area contributed by atoms with E-state index in [0.29, 0.717) is 0 Å². The van der Waals surface area contributed by atoms with Crippen LogP contribution < -0.4 is 5.32 Å². The molecule has 5 nitrogen and oxygen atoms in total. The van der Waals surface area contributed by atoms with Crippen molar-refractivity contribution in [2.75, 3.05) is 25.4 Å². The maximum Gasteiger partial charge on any atom is 0.265 e. The van der Waals surface area contributed by atoms with Gasteiger partial charge in [-0.3, -0.25) is 10.1 Å². The summed E-state index contributed by atoms with van der Waals surface area (Å²) in [5.41, 5.74) is 2.23. The van der Waals surface area contributed by atoms with E-state index < -0.39 is 0 Å². The molecule has 0 radical (unpaired) electrons. The predicted octanol–water partition coefficient (Wildman–Crippen LogP) is 3.13. The van der Waals surface area contributed by atoms with Gasteiger partial charge in [0.25, 0.3) is 5.70 Å². The number of allylic oxidation sites excluding steroid dienone is 4. The fourth-order valence-electron chi connectivity index (χ4n) is 1.83. The quantitative estimate of drug-likeness (QED) is 0.353. The van der Waals surface area contributed by atoms with Gasteiger partial charge in [0.1, 0.15) is 0 Å². The Labute approximate surface area is 130 Å². The van der Waals surface area contributed by atoms with E-state index in [1.54, 1.807) is 24.9 Å². The molecule has 1 aliphatic rings. The molecule has 116 valence electrons. The zero-order chi connectivity index (χ0) is 15.7. The Hall–Kier alpha value is -1.53. The van der Waals surface area contributed by atoms with E-state index in [9.17, 15) is 10.1 Å². The molecule has 1 rings (SSSR count). The lowest BCUT2D eigenvalue weighted by molar-refractivity contribution is -0.419. The second-order valence-corrected chi connectivity index (χ2v) is 5.75. The normalized spacial score (nSPS) is 18.7. The summed E-state index contributed by atoms with van der Waals surface area (Å²) in [4.78, 5) is 10.4. The Morgan fingerprint density at radius 2 is 2.24 bits per heavy atom. The Morgan fingerprint density at radius 3 is 2.86 bits per heavy atom. The van der Waals surface area contributed by atoms with Crippen LogP contribution in [-0.2, 0) is 0 Å². The van der Waals surface area contributed by atoms with E-state index >= 15 is 0 Å². The highest BCUT2D eigenvalue weighted by Crippen LogP contribution is 2.18. The summed E-state index contributed by atoms with van der Waals surface area (Å²) >= 11 is 1.74. The van der Waals surface area contributed by atoms with Gasteiger partial charge >= 0.3 is 0 Å². The minimum absolute atomic E-state index is 0.117. The van der Waals surface area contributed by atoms with E-state index in [-0.39, 0.29) is 10.6 Å². The minimum Gasteiger partial charge on any atom is -0.388 e. The molecule has 0 aromatic carbocycles. The van der Waals surface area contributed by atoms with E-state index in [1.807, 2.05) is 19.1 Å². The third-order valence-electron chi connectivity index (χ3n) is 3.09. The van der Waals surface area contributed by atoms with Crippen LogP contribution in [0.5, 0.6) is 0 Å². The van der Waals surface area contributed by atoms with Crippen molar-refractivity contribution in [1.29, 1.82) is 0 Å². The number of hydrogen-bond donors (Lipinski definition) is 1. The van der Waals surface area contributed by atoms with Crippen molar-refractivity contribution in [3.8, 4) is 0 Å². The van der Waals surface area contributed by atoms with Crippen LogP contribution in [0.15, 0.2) is 47.9 Å². The molecule has 1 saturated heterocycles. The fraction of sp³-hybridized carbons (Fsp3) is 0.467. The van der Waals surface area contributed by atoms with Gasteiger partial charge in [-0.25, -0.2) is 4.31 Å². The van der Waals surface area contributed by atoms with Crippen LogP contribution in [-0.4, -0.2) is 34.6 Å². The van der Waals surface area contributed by atoms with Gasteiger partial charge in [0.05, 0.1) is 4.92 Å². The Kier molecular flexibility index (Phi) is 7.85. The minimum atomic E-state index is -0.374. The lowest BCUT2D eigenvalue weighted by Gasteiger charge is -2.18. The monoisotopic (exact) mass is 309 g/mol. The molecular weight excluding hydrogens is 286 g/mol. The molecule has 0 unspecified atom stereocenters. The van der Waals surface area contributed by atoms with E-state index in [0.717, 1.165) is 43.1 Å². The average Bonchev–Trinajstić information content (AvgIpc) is 2.66. The third-order valence-corrected chi connectivity index (χ3v) is 4.23. The van der Waals surface area contributed by atoms with Gasteiger partial charge in [0, 0.05) is 37.2 Å². The van der Waals surface area contributed by atoms with E-state index in [4.69, 9.17) is 0 Å². The van der Waals surface area contributed by atoms with Gasteiger partial charge in [-0.15, -0.1) is 0 Å². The molecule has 1 N–H and O–H groups in total. The summed E-state index contributed by atoms with van der Waals surface area (Å²) in [5.74, 6) is 0.801. The smallest absolute Gasteiger partial charge is 0.265 e. The Balaban J connectivity index is 2.53. The molecule has 0 amide bonds. The molecule has 6 heteroatoms. The van der Waals surface area contributed by atoms with Gasteiger partial charge in [-0.05, 0) is 31.9 Å². The predicted molar refractivity (Wildman–Crippen MR) is 89.4 cm³/mol. The molecular formula is C15H23N3O2S. The molecule has 0 spiro atoms. The van der Waals surface area contributed by atoms with Crippen LogP contribution in [0.25, 0.3) is 0 Å². The van der Waals surface area contributed by atoms with E-state index in [1.165, 1.54) is 6.08 Å². The molecule has 21 heavy (non-hydrogen) atoms. The van der Waals surface area contributed by atoms with Crippen molar-refractivity contribution in [1.82, 2.24) is 9.62 Å². The molecule has 0 atom stereocenters. The first-order valence-corrected chi connectivity index (χ1v) is 7.94. The average molecular weight is 309 g/mol. The summed E-state index contributed by atoms with van der Waals surface area (Å²) in [5, 5.41) is 14.0. The molecule has 0 aliphatic carbocycles. The van der Waals surface area contributed by atoms with Crippen molar-refractivity contribution in [2.24, 2.45) is 0 Å². The number of nitro groups is 1. The molecule has 1 heterocycles. The second kappa shape index (κ2) is 9.41.